The molecule has 0 spiro atoms. The van der Waals surface area contributed by atoms with Crippen LogP contribution in [0.3, 0.4) is 0 Å². The van der Waals surface area contributed by atoms with Crippen LogP contribution in [0.2, 0.25) is 0 Å². The first-order valence-corrected chi connectivity index (χ1v) is 12.5. The number of rotatable bonds is 13. The van der Waals surface area contributed by atoms with E-state index in [1.165, 1.54) is 16.7 Å². The van der Waals surface area contributed by atoms with Gasteiger partial charge in [0.05, 0.1) is 0 Å². The maximum atomic E-state index is 12.4. The standard InChI is InChI=1S/C30H43NO2/c1-6-11-27-22-28(31-30(32)26-16-7-8-17-26)18-19-29(27)33-21-20-25(5)15-10-14-24(4)13-9-12-23(2)3/h6,12,14,18-20,22,26H,1,7-11,13,15-17,21H2,2-5H3,(H,31,32)/b24-14+,25-20+. The van der Waals surface area contributed by atoms with Crippen LogP contribution in [-0.2, 0) is 11.2 Å². The van der Waals surface area contributed by atoms with Crippen molar-refractivity contribution >= 4 is 11.6 Å². The van der Waals surface area contributed by atoms with Crippen molar-refractivity contribution in [2.45, 2.75) is 85.5 Å². The van der Waals surface area contributed by atoms with Crippen molar-refractivity contribution < 1.29 is 9.53 Å². The molecule has 1 amide bonds. The zero-order valence-electron chi connectivity index (χ0n) is 21.2. The molecule has 1 aromatic rings. The van der Waals surface area contributed by atoms with Gasteiger partial charge in [-0.1, -0.05) is 47.8 Å². The number of hydrogen-bond donors (Lipinski definition) is 1. The fraction of sp³-hybridized carbons (Fsp3) is 0.500. The SMILES string of the molecule is C=CCc1cc(NC(=O)C2CCCC2)ccc1OC/C=C(\C)CC/C=C(\C)CCC=C(C)C. The summed E-state index contributed by atoms with van der Waals surface area (Å²) in [6.45, 7) is 13.1. The molecule has 0 heterocycles. The summed E-state index contributed by atoms with van der Waals surface area (Å²) in [5, 5.41) is 3.09. The molecule has 0 aromatic heterocycles. The van der Waals surface area contributed by atoms with Gasteiger partial charge < -0.3 is 10.1 Å². The lowest BCUT2D eigenvalue weighted by Gasteiger charge is -2.14. The number of carbonyl (C=O) groups is 1. The number of allylic oxidation sites excluding steroid dienone is 6. The van der Waals surface area contributed by atoms with E-state index in [1.807, 2.05) is 24.3 Å². The van der Waals surface area contributed by atoms with E-state index in [0.29, 0.717) is 13.0 Å². The van der Waals surface area contributed by atoms with E-state index in [0.717, 1.165) is 68.4 Å². The Morgan fingerprint density at radius 1 is 1.03 bits per heavy atom. The number of benzene rings is 1. The molecule has 1 aliphatic rings. The fourth-order valence-corrected chi connectivity index (χ4v) is 4.16. The van der Waals surface area contributed by atoms with Gasteiger partial charge in [0.2, 0.25) is 5.91 Å². The van der Waals surface area contributed by atoms with Crippen LogP contribution in [0.5, 0.6) is 5.75 Å². The summed E-state index contributed by atoms with van der Waals surface area (Å²) in [5.74, 6) is 1.16. The van der Waals surface area contributed by atoms with Gasteiger partial charge in [-0.05, 0) is 102 Å². The third-order valence-electron chi connectivity index (χ3n) is 6.21. The molecule has 0 bridgehead atoms. The highest BCUT2D eigenvalue weighted by Crippen LogP contribution is 2.28. The fourth-order valence-electron chi connectivity index (χ4n) is 4.16. The number of ether oxygens (including phenoxy) is 1. The van der Waals surface area contributed by atoms with Crippen molar-refractivity contribution in [2.75, 3.05) is 11.9 Å². The number of anilines is 1. The molecule has 2 rings (SSSR count). The monoisotopic (exact) mass is 449 g/mol. The van der Waals surface area contributed by atoms with E-state index >= 15 is 0 Å². The summed E-state index contributed by atoms with van der Waals surface area (Å²) >= 11 is 0. The summed E-state index contributed by atoms with van der Waals surface area (Å²) in [5.41, 5.74) is 6.09. The normalized spacial score (nSPS) is 14.8. The van der Waals surface area contributed by atoms with Gasteiger partial charge >= 0.3 is 0 Å². The minimum atomic E-state index is 0.144. The molecule has 1 saturated carbocycles. The summed E-state index contributed by atoms with van der Waals surface area (Å²) in [4.78, 5) is 12.4. The molecule has 0 radical (unpaired) electrons. The number of amides is 1. The van der Waals surface area contributed by atoms with Crippen molar-refractivity contribution in [3.05, 3.63) is 71.4 Å². The summed E-state index contributed by atoms with van der Waals surface area (Å²) < 4.78 is 6.06. The van der Waals surface area contributed by atoms with Gasteiger partial charge in [-0.2, -0.15) is 0 Å². The van der Waals surface area contributed by atoms with Crippen LogP contribution in [0, 0.1) is 5.92 Å². The van der Waals surface area contributed by atoms with Gasteiger partial charge in [0.1, 0.15) is 12.4 Å². The van der Waals surface area contributed by atoms with Crippen molar-refractivity contribution in [1.29, 1.82) is 0 Å². The molecule has 1 aliphatic carbocycles. The second-order valence-electron chi connectivity index (χ2n) is 9.56. The van der Waals surface area contributed by atoms with Crippen molar-refractivity contribution in [3.63, 3.8) is 0 Å². The summed E-state index contributed by atoms with van der Waals surface area (Å²) in [7, 11) is 0. The van der Waals surface area contributed by atoms with Crippen molar-refractivity contribution in [1.82, 2.24) is 0 Å². The van der Waals surface area contributed by atoms with E-state index < -0.39 is 0 Å². The molecule has 0 aliphatic heterocycles. The van der Waals surface area contributed by atoms with E-state index in [1.54, 1.807) is 0 Å². The van der Waals surface area contributed by atoms with Crippen molar-refractivity contribution in [3.8, 4) is 5.75 Å². The maximum absolute atomic E-state index is 12.4. The molecule has 180 valence electrons. The van der Waals surface area contributed by atoms with Gasteiger partial charge in [-0.25, -0.2) is 0 Å². The predicted octanol–water partition coefficient (Wildman–Crippen LogP) is 8.34. The second kappa shape index (κ2) is 14.6. The first kappa shape index (κ1) is 26.7. The van der Waals surface area contributed by atoms with Crippen LogP contribution in [-0.4, -0.2) is 12.5 Å². The zero-order chi connectivity index (χ0) is 24.1. The second-order valence-corrected chi connectivity index (χ2v) is 9.56. The van der Waals surface area contributed by atoms with Gasteiger partial charge in [-0.15, -0.1) is 6.58 Å². The van der Waals surface area contributed by atoms with Crippen LogP contribution in [0.25, 0.3) is 0 Å². The number of hydrogen-bond acceptors (Lipinski definition) is 2. The molecule has 33 heavy (non-hydrogen) atoms. The lowest BCUT2D eigenvalue weighted by atomic mass is 10.1. The molecule has 3 heteroatoms. The summed E-state index contributed by atoms with van der Waals surface area (Å²) in [6, 6.07) is 5.92. The van der Waals surface area contributed by atoms with Gasteiger partial charge in [0, 0.05) is 11.6 Å². The van der Waals surface area contributed by atoms with E-state index in [2.05, 4.69) is 57.8 Å². The maximum Gasteiger partial charge on any atom is 0.227 e. The van der Waals surface area contributed by atoms with E-state index in [4.69, 9.17) is 4.74 Å². The van der Waals surface area contributed by atoms with Crippen LogP contribution >= 0.6 is 0 Å². The van der Waals surface area contributed by atoms with Crippen LogP contribution in [0.4, 0.5) is 5.69 Å². The molecule has 0 atom stereocenters. The van der Waals surface area contributed by atoms with Crippen LogP contribution < -0.4 is 10.1 Å². The Morgan fingerprint density at radius 2 is 1.70 bits per heavy atom. The smallest absolute Gasteiger partial charge is 0.227 e. The molecule has 1 fully saturated rings. The van der Waals surface area contributed by atoms with E-state index in [-0.39, 0.29) is 11.8 Å². The third-order valence-corrected chi connectivity index (χ3v) is 6.21. The average Bonchev–Trinajstić information content (AvgIpc) is 3.30. The molecule has 1 N–H and O–H groups in total. The van der Waals surface area contributed by atoms with E-state index in [9.17, 15) is 4.79 Å². The highest BCUT2D eigenvalue weighted by atomic mass is 16.5. The van der Waals surface area contributed by atoms with Gasteiger partial charge in [-0.3, -0.25) is 4.79 Å². The van der Waals surface area contributed by atoms with Gasteiger partial charge in [0.15, 0.2) is 0 Å². The van der Waals surface area contributed by atoms with Crippen LogP contribution in [0.1, 0.15) is 84.6 Å². The lowest BCUT2D eigenvalue weighted by molar-refractivity contribution is -0.119. The molecule has 3 nitrogen and oxygen atoms in total. The van der Waals surface area contributed by atoms with Crippen LogP contribution in [0.15, 0.2) is 65.8 Å². The molecule has 0 unspecified atom stereocenters. The first-order chi connectivity index (χ1) is 15.9. The zero-order valence-corrected chi connectivity index (χ0v) is 21.2. The number of carbonyl (C=O) groups excluding carboxylic acids is 1. The first-order valence-electron chi connectivity index (χ1n) is 12.5. The molecular weight excluding hydrogens is 406 g/mol. The molecule has 1 aromatic carbocycles. The van der Waals surface area contributed by atoms with Crippen molar-refractivity contribution in [2.24, 2.45) is 5.92 Å². The molecule has 0 saturated heterocycles. The Bertz CT molecular complexity index is 865. The molecular formula is C30H43NO2. The minimum Gasteiger partial charge on any atom is -0.489 e. The average molecular weight is 450 g/mol. The Labute approximate surface area is 201 Å². The Morgan fingerprint density at radius 3 is 2.36 bits per heavy atom. The Hall–Kier alpha value is -2.55. The number of nitrogens with one attached hydrogen (secondary N) is 1. The highest BCUT2D eigenvalue weighted by molar-refractivity contribution is 5.92. The third kappa shape index (κ3) is 10.3. The minimum absolute atomic E-state index is 0.144. The topological polar surface area (TPSA) is 38.3 Å². The lowest BCUT2D eigenvalue weighted by Crippen LogP contribution is -2.20. The highest BCUT2D eigenvalue weighted by Gasteiger charge is 2.22. The Kier molecular flexibility index (Phi) is 11.8. The largest absolute Gasteiger partial charge is 0.489 e. The predicted molar refractivity (Wildman–Crippen MR) is 142 cm³/mol. The quantitative estimate of drug-likeness (QED) is 0.307. The van der Waals surface area contributed by atoms with Gasteiger partial charge in [0.25, 0.3) is 0 Å². The summed E-state index contributed by atoms with van der Waals surface area (Å²) in [6.07, 6.45) is 18.1. The Balaban J connectivity index is 1.84.